The number of rotatable bonds is 3. The average molecular weight is 432 g/mol. The summed E-state index contributed by atoms with van der Waals surface area (Å²) in [5, 5.41) is 15.5. The summed E-state index contributed by atoms with van der Waals surface area (Å²) in [7, 11) is 1.78. The number of carbonyl (C=O) groups is 1. The number of likely N-dealkylation sites (N-methyl/N-ethyl adjacent to an activating group) is 1. The van der Waals surface area contributed by atoms with E-state index >= 15 is 0 Å². The maximum atomic E-state index is 13.3. The van der Waals surface area contributed by atoms with E-state index in [9.17, 15) is 4.79 Å². The predicted molar refractivity (Wildman–Crippen MR) is 127 cm³/mol. The summed E-state index contributed by atoms with van der Waals surface area (Å²) in [6, 6.07) is 17.1. The number of hydrogen-bond donors (Lipinski definition) is 2. The number of nitrogens with zero attached hydrogens (tertiary/aromatic N) is 3. The number of carbonyl (C=O) groups excluding carboxylic acids is 1. The Balaban J connectivity index is 1.62. The first-order valence-corrected chi connectivity index (χ1v) is 11.0. The van der Waals surface area contributed by atoms with Gasteiger partial charge < -0.3 is 15.5 Å². The quantitative estimate of drug-likeness (QED) is 0.712. The minimum Gasteiger partial charge on any atom is -0.333 e. The van der Waals surface area contributed by atoms with Crippen LogP contribution < -0.4 is 15.5 Å². The molecule has 1 aliphatic carbocycles. The third kappa shape index (κ3) is 4.59. The number of para-hydroxylation sites is 1. The summed E-state index contributed by atoms with van der Waals surface area (Å²) in [4.78, 5) is 19.8. The third-order valence-corrected chi connectivity index (χ3v) is 6.10. The summed E-state index contributed by atoms with van der Waals surface area (Å²) in [5.74, 6) is 0.181. The molecule has 0 radical (unpaired) electrons. The molecule has 0 saturated heterocycles. The van der Waals surface area contributed by atoms with Crippen LogP contribution in [0.5, 0.6) is 0 Å². The Kier molecular flexibility index (Phi) is 6.28. The van der Waals surface area contributed by atoms with Gasteiger partial charge in [-0.25, -0.2) is 0 Å². The molecule has 31 heavy (non-hydrogen) atoms. The SMILES string of the molecule is CN1C(=O)C(NC(=S)Nc2cccc(C#N)c2)N=C(C2CCCCC2)c2ccccc21. The van der Waals surface area contributed by atoms with Crippen LogP contribution in [-0.2, 0) is 4.79 Å². The minimum atomic E-state index is -0.812. The number of thiocarbonyl (C=S) groups is 1. The molecule has 6 nitrogen and oxygen atoms in total. The Bertz CT molecular complexity index is 1070. The van der Waals surface area contributed by atoms with Crippen LogP contribution in [0, 0.1) is 17.2 Å². The molecular weight excluding hydrogens is 406 g/mol. The number of hydrogen-bond acceptors (Lipinski definition) is 4. The van der Waals surface area contributed by atoms with Crippen molar-refractivity contribution in [1.82, 2.24) is 5.32 Å². The van der Waals surface area contributed by atoms with Crippen LogP contribution in [-0.4, -0.2) is 29.9 Å². The smallest absolute Gasteiger partial charge is 0.272 e. The van der Waals surface area contributed by atoms with Crippen molar-refractivity contribution in [3.8, 4) is 6.07 Å². The summed E-state index contributed by atoms with van der Waals surface area (Å²) in [6.07, 6.45) is 4.98. The van der Waals surface area contributed by atoms with Crippen molar-refractivity contribution in [2.24, 2.45) is 10.9 Å². The van der Waals surface area contributed by atoms with Gasteiger partial charge in [-0.1, -0.05) is 43.5 Å². The van der Waals surface area contributed by atoms with E-state index in [0.29, 0.717) is 22.3 Å². The summed E-state index contributed by atoms with van der Waals surface area (Å²) in [6.45, 7) is 0. The first kappa shape index (κ1) is 21.0. The second-order valence-electron chi connectivity index (χ2n) is 7.96. The number of benzene rings is 2. The lowest BCUT2D eigenvalue weighted by molar-refractivity contribution is -0.119. The molecule has 1 heterocycles. The highest BCUT2D eigenvalue weighted by Gasteiger charge is 2.32. The van der Waals surface area contributed by atoms with Gasteiger partial charge in [-0.15, -0.1) is 0 Å². The van der Waals surface area contributed by atoms with Gasteiger partial charge in [0.05, 0.1) is 23.0 Å². The van der Waals surface area contributed by atoms with Gasteiger partial charge in [-0.2, -0.15) is 5.26 Å². The molecule has 1 atom stereocenters. The standard InChI is InChI=1S/C24H25N5OS/c1-29-20-13-6-5-12-19(20)21(17-9-3-2-4-10-17)27-22(23(29)30)28-24(31)26-18-11-7-8-16(14-18)15-25/h5-8,11-14,17,22H,2-4,9-10H2,1H3,(H2,26,28,31). The molecule has 2 aromatic carbocycles. The van der Waals surface area contributed by atoms with Crippen LogP contribution in [0.1, 0.15) is 43.2 Å². The number of fused-ring (bicyclic) bond motifs is 1. The van der Waals surface area contributed by atoms with E-state index in [0.717, 1.165) is 29.8 Å². The predicted octanol–water partition coefficient (Wildman–Crippen LogP) is 4.22. The highest BCUT2D eigenvalue weighted by Crippen LogP contribution is 2.33. The fourth-order valence-electron chi connectivity index (χ4n) is 4.30. The molecule has 1 fully saturated rings. The monoisotopic (exact) mass is 431 g/mol. The second kappa shape index (κ2) is 9.27. The number of benzodiazepines with no additional fused rings is 1. The zero-order valence-corrected chi connectivity index (χ0v) is 18.3. The van der Waals surface area contributed by atoms with Gasteiger partial charge in [0.1, 0.15) is 0 Å². The fourth-order valence-corrected chi connectivity index (χ4v) is 4.53. The molecule has 1 saturated carbocycles. The summed E-state index contributed by atoms with van der Waals surface area (Å²) < 4.78 is 0. The molecule has 1 aliphatic heterocycles. The second-order valence-corrected chi connectivity index (χ2v) is 8.37. The van der Waals surface area contributed by atoms with E-state index in [1.807, 2.05) is 24.3 Å². The van der Waals surface area contributed by atoms with E-state index in [1.54, 1.807) is 30.1 Å². The normalized spacial score (nSPS) is 19.0. The first-order chi connectivity index (χ1) is 15.1. The van der Waals surface area contributed by atoms with Crippen LogP contribution in [0.3, 0.4) is 0 Å². The lowest BCUT2D eigenvalue weighted by Gasteiger charge is -2.25. The van der Waals surface area contributed by atoms with Crippen molar-refractivity contribution in [2.75, 3.05) is 17.3 Å². The van der Waals surface area contributed by atoms with Gasteiger partial charge in [0.15, 0.2) is 5.11 Å². The van der Waals surface area contributed by atoms with Gasteiger partial charge in [-0.3, -0.25) is 9.79 Å². The lowest BCUT2D eigenvalue weighted by atomic mass is 9.83. The molecule has 158 valence electrons. The van der Waals surface area contributed by atoms with Gasteiger partial charge in [0.2, 0.25) is 6.17 Å². The molecular formula is C24H25N5OS. The van der Waals surface area contributed by atoms with E-state index in [-0.39, 0.29) is 5.91 Å². The Morgan fingerprint density at radius 3 is 2.71 bits per heavy atom. The lowest BCUT2D eigenvalue weighted by Crippen LogP contribution is -2.47. The van der Waals surface area contributed by atoms with E-state index < -0.39 is 6.17 Å². The number of nitrogens with one attached hydrogen (secondary N) is 2. The number of aliphatic imine (C=N–C) groups is 1. The molecule has 0 aromatic heterocycles. The Morgan fingerprint density at radius 2 is 1.94 bits per heavy atom. The molecule has 2 N–H and O–H groups in total. The summed E-state index contributed by atoms with van der Waals surface area (Å²) >= 11 is 5.47. The third-order valence-electron chi connectivity index (χ3n) is 5.88. The van der Waals surface area contributed by atoms with Crippen molar-refractivity contribution in [3.63, 3.8) is 0 Å². The number of anilines is 2. The molecule has 0 spiro atoms. The van der Waals surface area contributed by atoms with Crippen LogP contribution in [0.4, 0.5) is 11.4 Å². The van der Waals surface area contributed by atoms with Crippen molar-refractivity contribution < 1.29 is 4.79 Å². The average Bonchev–Trinajstić information content (AvgIpc) is 2.90. The van der Waals surface area contributed by atoms with Gasteiger partial charge in [0, 0.05) is 24.2 Å². The molecule has 0 bridgehead atoms. The largest absolute Gasteiger partial charge is 0.333 e. The van der Waals surface area contributed by atoms with Gasteiger partial charge >= 0.3 is 0 Å². The van der Waals surface area contributed by atoms with E-state index in [4.69, 9.17) is 22.5 Å². The van der Waals surface area contributed by atoms with E-state index in [2.05, 4.69) is 22.8 Å². The first-order valence-electron chi connectivity index (χ1n) is 10.6. The Morgan fingerprint density at radius 1 is 1.16 bits per heavy atom. The van der Waals surface area contributed by atoms with Crippen LogP contribution in [0.25, 0.3) is 0 Å². The minimum absolute atomic E-state index is 0.159. The van der Waals surface area contributed by atoms with E-state index in [1.165, 1.54) is 19.3 Å². The maximum Gasteiger partial charge on any atom is 0.272 e. The molecule has 2 aliphatic rings. The highest BCUT2D eigenvalue weighted by molar-refractivity contribution is 7.80. The topological polar surface area (TPSA) is 80.5 Å². The summed E-state index contributed by atoms with van der Waals surface area (Å²) in [5.41, 5.74) is 4.11. The molecule has 4 rings (SSSR count). The van der Waals surface area contributed by atoms with Crippen LogP contribution in [0.15, 0.2) is 53.5 Å². The zero-order valence-electron chi connectivity index (χ0n) is 17.5. The van der Waals surface area contributed by atoms with Gasteiger partial charge in [0.25, 0.3) is 5.91 Å². The number of nitriles is 1. The maximum absolute atomic E-state index is 13.3. The Hall–Kier alpha value is -3.24. The fraction of sp³-hybridized carbons (Fsp3) is 0.333. The number of amides is 1. The van der Waals surface area contributed by atoms with Crippen molar-refractivity contribution in [2.45, 2.75) is 38.3 Å². The van der Waals surface area contributed by atoms with Crippen LogP contribution in [0.2, 0.25) is 0 Å². The molecule has 1 unspecified atom stereocenters. The Labute approximate surface area is 188 Å². The highest BCUT2D eigenvalue weighted by atomic mass is 32.1. The van der Waals surface area contributed by atoms with Crippen molar-refractivity contribution in [1.29, 1.82) is 5.26 Å². The molecule has 1 amide bonds. The van der Waals surface area contributed by atoms with Crippen LogP contribution >= 0.6 is 12.2 Å². The van der Waals surface area contributed by atoms with Crippen molar-refractivity contribution >= 4 is 40.3 Å². The van der Waals surface area contributed by atoms with Crippen molar-refractivity contribution in [3.05, 3.63) is 59.7 Å². The zero-order chi connectivity index (χ0) is 21.8. The van der Waals surface area contributed by atoms with Gasteiger partial charge in [-0.05, 0) is 49.3 Å². The molecule has 7 heteroatoms. The molecule has 2 aromatic rings.